The Morgan fingerprint density at radius 1 is 1.22 bits per heavy atom. The molecule has 2 aromatic heterocycles. The summed E-state index contributed by atoms with van der Waals surface area (Å²) in [6.45, 7) is 5.50. The molecule has 1 atom stereocenters. The van der Waals surface area contributed by atoms with Crippen molar-refractivity contribution in [2.24, 2.45) is 5.92 Å². The molecule has 0 saturated carbocycles. The zero-order valence-electron chi connectivity index (χ0n) is 15.4. The molecule has 3 aromatic rings. The molecule has 27 heavy (non-hydrogen) atoms. The average Bonchev–Trinajstić information content (AvgIpc) is 3.30. The van der Waals surface area contributed by atoms with Gasteiger partial charge in [-0.1, -0.05) is 44.2 Å². The van der Waals surface area contributed by atoms with Crippen molar-refractivity contribution in [1.29, 1.82) is 0 Å². The monoisotopic (exact) mass is 366 g/mol. The minimum absolute atomic E-state index is 0.117. The number of hydrogen-bond donors (Lipinski definition) is 1. The largest absolute Gasteiger partial charge is 0.346 e. The molecule has 0 fully saturated rings. The average molecular weight is 366 g/mol. The predicted octanol–water partition coefficient (Wildman–Crippen LogP) is 1.67. The number of hydrogen-bond acceptors (Lipinski definition) is 4. The SMILES string of the molecule is CC(C)Cn1nc2n(c1=O)CCN(C(=O)c1ccn[nH]1)C2c1ccccc1. The number of nitrogens with zero attached hydrogens (tertiary/aromatic N) is 5. The minimum Gasteiger partial charge on any atom is -0.321 e. The molecule has 140 valence electrons. The van der Waals surface area contributed by atoms with Crippen LogP contribution in [0, 0.1) is 5.92 Å². The van der Waals surface area contributed by atoms with Crippen LogP contribution in [0.5, 0.6) is 0 Å². The highest BCUT2D eigenvalue weighted by molar-refractivity contribution is 5.92. The maximum atomic E-state index is 13.1. The van der Waals surface area contributed by atoms with Gasteiger partial charge in [0.05, 0.1) is 0 Å². The van der Waals surface area contributed by atoms with Crippen molar-refractivity contribution < 1.29 is 4.79 Å². The van der Waals surface area contributed by atoms with E-state index >= 15 is 0 Å². The van der Waals surface area contributed by atoms with Gasteiger partial charge in [0.1, 0.15) is 11.7 Å². The summed E-state index contributed by atoms with van der Waals surface area (Å²) < 4.78 is 3.21. The first-order valence-corrected chi connectivity index (χ1v) is 9.09. The van der Waals surface area contributed by atoms with Gasteiger partial charge in [-0.05, 0) is 17.5 Å². The van der Waals surface area contributed by atoms with Gasteiger partial charge in [-0.3, -0.25) is 14.5 Å². The molecule has 4 rings (SSSR count). The van der Waals surface area contributed by atoms with E-state index in [9.17, 15) is 9.59 Å². The molecule has 3 heterocycles. The molecule has 0 bridgehead atoms. The fourth-order valence-corrected chi connectivity index (χ4v) is 3.52. The zero-order valence-corrected chi connectivity index (χ0v) is 15.4. The molecule has 1 aromatic carbocycles. The number of carbonyl (C=O) groups is 1. The molecule has 0 spiro atoms. The summed E-state index contributed by atoms with van der Waals surface area (Å²) in [5.74, 6) is 0.752. The fraction of sp³-hybridized carbons (Fsp3) is 0.368. The van der Waals surface area contributed by atoms with Gasteiger partial charge in [0.2, 0.25) is 0 Å². The first-order chi connectivity index (χ1) is 13.1. The van der Waals surface area contributed by atoms with Crippen LogP contribution in [0.1, 0.15) is 41.8 Å². The van der Waals surface area contributed by atoms with Gasteiger partial charge in [-0.25, -0.2) is 9.48 Å². The van der Waals surface area contributed by atoms with Crippen LogP contribution in [-0.4, -0.2) is 41.9 Å². The van der Waals surface area contributed by atoms with Crippen molar-refractivity contribution in [1.82, 2.24) is 29.4 Å². The molecule has 1 aliphatic heterocycles. The van der Waals surface area contributed by atoms with Crippen molar-refractivity contribution in [3.63, 3.8) is 0 Å². The normalized spacial score (nSPS) is 16.6. The number of aromatic amines is 1. The second-order valence-corrected chi connectivity index (χ2v) is 7.15. The first-order valence-electron chi connectivity index (χ1n) is 9.09. The number of fused-ring (bicyclic) bond motifs is 1. The molecular weight excluding hydrogens is 344 g/mol. The maximum absolute atomic E-state index is 13.1. The van der Waals surface area contributed by atoms with Crippen molar-refractivity contribution >= 4 is 5.91 Å². The summed E-state index contributed by atoms with van der Waals surface area (Å²) in [7, 11) is 0. The maximum Gasteiger partial charge on any atom is 0.346 e. The number of amides is 1. The van der Waals surface area contributed by atoms with Gasteiger partial charge in [-0.15, -0.1) is 0 Å². The first kappa shape index (κ1) is 17.3. The summed E-state index contributed by atoms with van der Waals surface area (Å²) >= 11 is 0. The van der Waals surface area contributed by atoms with Crippen LogP contribution in [0.25, 0.3) is 0 Å². The molecule has 1 amide bonds. The lowest BCUT2D eigenvalue weighted by Gasteiger charge is -2.35. The van der Waals surface area contributed by atoms with Crippen LogP contribution < -0.4 is 5.69 Å². The number of H-pyrrole nitrogens is 1. The highest BCUT2D eigenvalue weighted by Crippen LogP contribution is 2.31. The van der Waals surface area contributed by atoms with Crippen molar-refractivity contribution in [3.05, 3.63) is 70.2 Å². The Kier molecular flexibility index (Phi) is 4.39. The summed E-state index contributed by atoms with van der Waals surface area (Å²) in [5.41, 5.74) is 1.23. The van der Waals surface area contributed by atoms with E-state index in [1.54, 1.807) is 21.7 Å². The lowest BCUT2D eigenvalue weighted by Crippen LogP contribution is -2.45. The molecule has 0 saturated heterocycles. The quantitative estimate of drug-likeness (QED) is 0.761. The molecule has 8 heteroatoms. The predicted molar refractivity (Wildman–Crippen MR) is 99.2 cm³/mol. The highest BCUT2D eigenvalue weighted by Gasteiger charge is 2.36. The van der Waals surface area contributed by atoms with Gasteiger partial charge in [-0.2, -0.15) is 10.2 Å². The number of aromatic nitrogens is 5. The molecular formula is C19H22N6O2. The Morgan fingerprint density at radius 3 is 2.67 bits per heavy atom. The summed E-state index contributed by atoms with van der Waals surface area (Å²) in [6.07, 6.45) is 1.56. The van der Waals surface area contributed by atoms with Gasteiger partial charge in [0.15, 0.2) is 5.82 Å². The van der Waals surface area contributed by atoms with E-state index in [0.29, 0.717) is 37.1 Å². The van der Waals surface area contributed by atoms with Crippen LogP contribution in [-0.2, 0) is 13.1 Å². The smallest absolute Gasteiger partial charge is 0.321 e. The van der Waals surface area contributed by atoms with E-state index in [-0.39, 0.29) is 11.6 Å². The molecule has 0 aliphatic carbocycles. The van der Waals surface area contributed by atoms with Gasteiger partial charge in [0.25, 0.3) is 5.91 Å². The Bertz CT molecular complexity index is 987. The number of nitrogens with one attached hydrogen (secondary N) is 1. The number of carbonyl (C=O) groups excluding carboxylic acids is 1. The summed E-state index contributed by atoms with van der Waals surface area (Å²) in [5, 5.41) is 11.2. The Morgan fingerprint density at radius 2 is 2.00 bits per heavy atom. The van der Waals surface area contributed by atoms with Crippen molar-refractivity contribution in [2.75, 3.05) is 6.54 Å². The molecule has 1 unspecified atom stereocenters. The van der Waals surface area contributed by atoms with Crippen LogP contribution in [0.4, 0.5) is 0 Å². The van der Waals surface area contributed by atoms with Crippen LogP contribution in [0.2, 0.25) is 0 Å². The fourth-order valence-electron chi connectivity index (χ4n) is 3.52. The van der Waals surface area contributed by atoms with Gasteiger partial charge in [0, 0.05) is 25.8 Å². The van der Waals surface area contributed by atoms with E-state index in [1.165, 1.54) is 4.68 Å². The van der Waals surface area contributed by atoms with Crippen LogP contribution >= 0.6 is 0 Å². The lowest BCUT2D eigenvalue weighted by atomic mass is 10.0. The summed E-state index contributed by atoms with van der Waals surface area (Å²) in [6, 6.07) is 10.9. The standard InChI is InChI=1S/C19H22N6O2/c1-13(2)12-25-19(27)24-11-10-23(18(26)15-8-9-20-21-15)16(17(24)22-25)14-6-4-3-5-7-14/h3-9,13,16H,10-12H2,1-2H3,(H,20,21). The second-order valence-electron chi connectivity index (χ2n) is 7.15. The molecule has 1 aliphatic rings. The van der Waals surface area contributed by atoms with Crippen LogP contribution in [0.15, 0.2) is 47.4 Å². The molecule has 0 radical (unpaired) electrons. The highest BCUT2D eigenvalue weighted by atomic mass is 16.2. The Labute approximate surface area is 156 Å². The molecule has 8 nitrogen and oxygen atoms in total. The van der Waals surface area contributed by atoms with E-state index in [1.807, 2.05) is 44.2 Å². The second kappa shape index (κ2) is 6.86. The third kappa shape index (κ3) is 3.07. The van der Waals surface area contributed by atoms with E-state index in [4.69, 9.17) is 0 Å². The Balaban J connectivity index is 1.82. The van der Waals surface area contributed by atoms with Gasteiger partial charge < -0.3 is 4.90 Å². The third-order valence-electron chi connectivity index (χ3n) is 4.72. The molecule has 1 N–H and O–H groups in total. The number of benzene rings is 1. The van der Waals surface area contributed by atoms with E-state index < -0.39 is 6.04 Å². The zero-order chi connectivity index (χ0) is 19.0. The summed E-state index contributed by atoms with van der Waals surface area (Å²) in [4.78, 5) is 27.6. The van der Waals surface area contributed by atoms with E-state index in [0.717, 1.165) is 5.56 Å². The Hall–Kier alpha value is -3.16. The van der Waals surface area contributed by atoms with Crippen molar-refractivity contribution in [2.45, 2.75) is 33.0 Å². The van der Waals surface area contributed by atoms with E-state index in [2.05, 4.69) is 15.3 Å². The van der Waals surface area contributed by atoms with Gasteiger partial charge >= 0.3 is 5.69 Å². The topological polar surface area (TPSA) is 88.8 Å². The third-order valence-corrected chi connectivity index (χ3v) is 4.72. The number of rotatable bonds is 4. The van der Waals surface area contributed by atoms with Crippen LogP contribution in [0.3, 0.4) is 0 Å². The minimum atomic E-state index is -0.420. The lowest BCUT2D eigenvalue weighted by molar-refractivity contribution is 0.0651. The van der Waals surface area contributed by atoms with Crippen molar-refractivity contribution in [3.8, 4) is 0 Å².